The van der Waals surface area contributed by atoms with E-state index in [1.165, 1.54) is 24.8 Å². The van der Waals surface area contributed by atoms with E-state index in [1.807, 2.05) is 0 Å². The van der Waals surface area contributed by atoms with E-state index < -0.39 is 11.9 Å². The van der Waals surface area contributed by atoms with Crippen molar-refractivity contribution in [2.24, 2.45) is 40.4 Å². The lowest BCUT2D eigenvalue weighted by Crippen LogP contribution is -2.49. The van der Waals surface area contributed by atoms with Gasteiger partial charge in [-0.1, -0.05) is 38.5 Å². The number of carbonyl (C=O) groups excluding carboxylic acids is 2. The van der Waals surface area contributed by atoms with Gasteiger partial charge in [0, 0.05) is 0 Å². The molecule has 0 aromatic heterocycles. The van der Waals surface area contributed by atoms with Crippen LogP contribution in [0.25, 0.3) is 0 Å². The molecule has 0 saturated heterocycles. The van der Waals surface area contributed by atoms with Crippen LogP contribution in [0.2, 0.25) is 0 Å². The van der Waals surface area contributed by atoms with Crippen molar-refractivity contribution in [1.29, 1.82) is 0 Å². The molecule has 4 aliphatic carbocycles. The first-order valence-corrected chi connectivity index (χ1v) is 11.8. The Morgan fingerprint density at radius 1 is 1.10 bits per heavy atom. The minimum atomic E-state index is -0.589. The van der Waals surface area contributed by atoms with Crippen LogP contribution in [-0.2, 0) is 19.4 Å². The van der Waals surface area contributed by atoms with Gasteiger partial charge in [-0.2, -0.15) is 10.5 Å². The fourth-order valence-corrected chi connectivity index (χ4v) is 8.16. The van der Waals surface area contributed by atoms with Crippen molar-refractivity contribution in [3.63, 3.8) is 0 Å². The van der Waals surface area contributed by atoms with Crippen LogP contribution >= 0.6 is 0 Å². The zero-order valence-electron chi connectivity index (χ0n) is 18.9. The molecule has 4 rings (SSSR count). The number of fused-ring (bicyclic) bond motifs is 5. The van der Waals surface area contributed by atoms with Crippen LogP contribution in [0, 0.1) is 40.4 Å². The van der Waals surface area contributed by atoms with E-state index in [4.69, 9.17) is 10.5 Å². The maximum atomic E-state index is 11.7. The van der Waals surface area contributed by atoms with Crippen LogP contribution in [0.5, 0.6) is 0 Å². The van der Waals surface area contributed by atoms with Crippen LogP contribution in [0.1, 0.15) is 78.6 Å². The van der Waals surface area contributed by atoms with Crippen molar-refractivity contribution in [3.8, 4) is 0 Å². The first-order valence-electron chi connectivity index (χ1n) is 11.8. The Kier molecular flexibility index (Phi) is 6.08. The van der Waals surface area contributed by atoms with Gasteiger partial charge in [-0.05, 0) is 90.9 Å². The van der Waals surface area contributed by atoms with Crippen molar-refractivity contribution in [2.45, 2.75) is 78.6 Å². The molecular weight excluding hydrogens is 396 g/mol. The fraction of sp³-hybridized carbons (Fsp3) is 0.760. The molecule has 0 aromatic rings. The van der Waals surface area contributed by atoms with E-state index in [9.17, 15) is 9.59 Å². The molecule has 0 heterocycles. The minimum Gasteiger partial charge on any atom is -0.301 e. The van der Waals surface area contributed by atoms with Gasteiger partial charge >= 0.3 is 11.9 Å². The monoisotopic (exact) mass is 432 g/mol. The summed E-state index contributed by atoms with van der Waals surface area (Å²) in [6.45, 7) is 6.97. The van der Waals surface area contributed by atoms with E-state index >= 15 is 0 Å². The summed E-state index contributed by atoms with van der Waals surface area (Å²) >= 11 is 0. The summed E-state index contributed by atoms with van der Waals surface area (Å²) < 4.78 is 0. The third-order valence-electron chi connectivity index (χ3n) is 9.67. The molecule has 2 N–H and O–H groups in total. The summed E-state index contributed by atoms with van der Waals surface area (Å²) in [6, 6.07) is 0. The molecule has 6 heteroatoms. The molecule has 7 atom stereocenters. The summed E-state index contributed by atoms with van der Waals surface area (Å²) in [5.41, 5.74) is 2.78. The van der Waals surface area contributed by atoms with E-state index in [2.05, 4.69) is 42.7 Å². The third-order valence-corrected chi connectivity index (χ3v) is 9.67. The van der Waals surface area contributed by atoms with Gasteiger partial charge in [-0.15, -0.1) is 0 Å². The summed E-state index contributed by atoms with van der Waals surface area (Å²) in [4.78, 5) is 31.0. The molecule has 0 aromatic carbocycles. The van der Waals surface area contributed by atoms with Gasteiger partial charge in [0.15, 0.2) is 0 Å². The Balaban J connectivity index is 1.54. The van der Waals surface area contributed by atoms with E-state index in [0.29, 0.717) is 23.7 Å². The summed E-state index contributed by atoms with van der Waals surface area (Å²) in [7, 11) is 0. The molecule has 0 aliphatic heterocycles. The molecule has 0 radical (unpaired) electrons. The van der Waals surface area contributed by atoms with Gasteiger partial charge in [0.05, 0.1) is 12.8 Å². The second kappa shape index (κ2) is 8.36. The van der Waals surface area contributed by atoms with Crippen LogP contribution in [-0.4, -0.2) is 22.5 Å². The Bertz CT molecular complexity index is 800. The standard InChI is InChI=1S/C25H36O6/c1-15(12-22(26)30-28)19-6-7-20-18-5-4-17-13-16(14-23(27)31-29)8-10-24(17,2)21(18)9-11-25(19,20)3/h4,13,15,18-21,28-29H,5-12,14H2,1-3H3/t15?,18-,19+,20-,21-,24-,25+/m0/s1. The highest BCUT2D eigenvalue weighted by molar-refractivity contribution is 5.72. The first kappa shape index (κ1) is 22.5. The lowest BCUT2D eigenvalue weighted by molar-refractivity contribution is -0.235. The lowest BCUT2D eigenvalue weighted by Gasteiger charge is -2.57. The smallest absolute Gasteiger partial charge is 0.301 e. The molecule has 6 nitrogen and oxygen atoms in total. The molecule has 0 bridgehead atoms. The van der Waals surface area contributed by atoms with Crippen LogP contribution < -0.4 is 0 Å². The Morgan fingerprint density at radius 2 is 1.84 bits per heavy atom. The highest BCUT2D eigenvalue weighted by Gasteiger charge is 2.58. The predicted octanol–water partition coefficient (Wildman–Crippen LogP) is 5.55. The second-order valence-corrected chi connectivity index (χ2v) is 11.0. The fourth-order valence-electron chi connectivity index (χ4n) is 8.16. The topological polar surface area (TPSA) is 93.1 Å². The van der Waals surface area contributed by atoms with Gasteiger partial charge in [0.25, 0.3) is 0 Å². The SMILES string of the molecule is CC(CC(=O)OO)[C@H]1CC[C@H]2[C@@H]3CC=C4C=C(CC(=O)OO)CC[C@]4(C)[C@H]3CC[C@]12C. The van der Waals surface area contributed by atoms with Gasteiger partial charge in [0.1, 0.15) is 0 Å². The molecule has 172 valence electrons. The molecule has 0 amide bonds. The van der Waals surface area contributed by atoms with Crippen LogP contribution in [0.4, 0.5) is 0 Å². The van der Waals surface area contributed by atoms with Crippen molar-refractivity contribution < 1.29 is 29.9 Å². The second-order valence-electron chi connectivity index (χ2n) is 11.0. The quantitative estimate of drug-likeness (QED) is 0.437. The molecule has 4 aliphatic rings. The Hall–Kier alpha value is -1.66. The average molecular weight is 433 g/mol. The number of carbonyl (C=O) groups is 2. The van der Waals surface area contributed by atoms with E-state index in [1.54, 1.807) is 0 Å². The highest BCUT2D eigenvalue weighted by atomic mass is 17.1. The summed E-state index contributed by atoms with van der Waals surface area (Å²) in [5, 5.41) is 17.3. The molecule has 31 heavy (non-hydrogen) atoms. The van der Waals surface area contributed by atoms with E-state index in [-0.39, 0.29) is 29.6 Å². The minimum absolute atomic E-state index is 0.140. The Morgan fingerprint density at radius 3 is 2.55 bits per heavy atom. The zero-order chi connectivity index (χ0) is 22.4. The van der Waals surface area contributed by atoms with Crippen molar-refractivity contribution in [3.05, 3.63) is 23.3 Å². The van der Waals surface area contributed by atoms with Crippen molar-refractivity contribution >= 4 is 11.9 Å². The van der Waals surface area contributed by atoms with E-state index in [0.717, 1.165) is 31.3 Å². The third kappa shape index (κ3) is 3.76. The highest BCUT2D eigenvalue weighted by Crippen LogP contribution is 2.67. The summed E-state index contributed by atoms with van der Waals surface area (Å²) in [5.74, 6) is 1.54. The predicted molar refractivity (Wildman–Crippen MR) is 114 cm³/mol. The lowest BCUT2D eigenvalue weighted by atomic mass is 9.47. The van der Waals surface area contributed by atoms with Crippen molar-refractivity contribution in [1.82, 2.24) is 0 Å². The summed E-state index contributed by atoms with van der Waals surface area (Å²) in [6.07, 6.45) is 12.7. The van der Waals surface area contributed by atoms with Crippen LogP contribution in [0.3, 0.4) is 0 Å². The maximum Gasteiger partial charge on any atom is 0.346 e. The number of hydrogen-bond acceptors (Lipinski definition) is 6. The Labute approximate surface area is 184 Å². The zero-order valence-corrected chi connectivity index (χ0v) is 18.9. The van der Waals surface area contributed by atoms with Crippen molar-refractivity contribution in [2.75, 3.05) is 0 Å². The molecule has 1 unspecified atom stereocenters. The average Bonchev–Trinajstić information content (AvgIpc) is 3.11. The van der Waals surface area contributed by atoms with Gasteiger partial charge in [0.2, 0.25) is 0 Å². The largest absolute Gasteiger partial charge is 0.346 e. The van der Waals surface area contributed by atoms with Gasteiger partial charge < -0.3 is 9.78 Å². The molecular formula is C25H36O6. The molecule has 2 fully saturated rings. The maximum absolute atomic E-state index is 11.7. The normalized spacial score (nSPS) is 39.9. The van der Waals surface area contributed by atoms with Crippen LogP contribution in [0.15, 0.2) is 23.3 Å². The number of hydrogen-bond donors (Lipinski definition) is 2. The van der Waals surface area contributed by atoms with Gasteiger partial charge in [-0.3, -0.25) is 0 Å². The molecule has 0 spiro atoms. The number of allylic oxidation sites excluding steroid dienone is 3. The van der Waals surface area contributed by atoms with Gasteiger partial charge in [-0.25, -0.2) is 9.59 Å². The first-order chi connectivity index (χ1) is 14.7. The molecule has 2 saturated carbocycles. The number of rotatable bonds is 5.